The Bertz CT molecular complexity index is 293. The molecular weight excluding hydrogens is 239 g/mol. The van der Waals surface area contributed by atoms with Crippen molar-refractivity contribution in [2.75, 3.05) is 32.7 Å². The molecule has 0 N–H and O–H groups in total. The second kappa shape index (κ2) is 5.69. The number of hydrogen-bond acceptors (Lipinski definition) is 2. The molecule has 0 atom stereocenters. The molecule has 2 heterocycles. The molecule has 0 unspecified atom stereocenters. The van der Waals surface area contributed by atoms with Gasteiger partial charge >= 0.3 is 0 Å². The lowest BCUT2D eigenvalue weighted by Gasteiger charge is -2.44. The van der Waals surface area contributed by atoms with E-state index in [-0.39, 0.29) is 0 Å². The second-order valence-electron chi connectivity index (χ2n) is 7.76. The van der Waals surface area contributed by atoms with Crippen LogP contribution in [0.15, 0.2) is 0 Å². The first-order chi connectivity index (χ1) is 8.80. The van der Waals surface area contributed by atoms with Gasteiger partial charge in [-0.15, -0.1) is 0 Å². The molecule has 0 saturated carbocycles. The van der Waals surface area contributed by atoms with E-state index < -0.39 is 5.67 Å². The molecule has 2 aliphatic heterocycles. The molecule has 0 aliphatic carbocycles. The summed E-state index contributed by atoms with van der Waals surface area (Å²) in [5, 5.41) is 0. The summed E-state index contributed by atoms with van der Waals surface area (Å²) in [5.41, 5.74) is -0.577. The predicted molar refractivity (Wildman–Crippen MR) is 79.2 cm³/mol. The normalized spacial score (nSPS) is 28.7. The number of piperidine rings is 2. The van der Waals surface area contributed by atoms with Crippen molar-refractivity contribution in [2.24, 2.45) is 5.41 Å². The molecule has 2 aliphatic rings. The fourth-order valence-electron chi connectivity index (χ4n) is 3.68. The van der Waals surface area contributed by atoms with Gasteiger partial charge in [-0.2, -0.15) is 0 Å². The maximum atomic E-state index is 15.0. The lowest BCUT2D eigenvalue weighted by atomic mass is 9.83. The van der Waals surface area contributed by atoms with Crippen molar-refractivity contribution < 1.29 is 4.39 Å². The number of nitrogens with zero attached hydrogens (tertiary/aromatic N) is 2. The van der Waals surface area contributed by atoms with Gasteiger partial charge in [-0.25, -0.2) is 4.39 Å². The fourth-order valence-corrected chi connectivity index (χ4v) is 3.68. The number of hydrogen-bond donors (Lipinski definition) is 0. The van der Waals surface area contributed by atoms with Crippen LogP contribution in [0.3, 0.4) is 0 Å². The van der Waals surface area contributed by atoms with Crippen LogP contribution in [0.4, 0.5) is 4.39 Å². The molecule has 2 fully saturated rings. The number of alkyl halides is 1. The minimum Gasteiger partial charge on any atom is -0.301 e. The van der Waals surface area contributed by atoms with E-state index in [0.29, 0.717) is 30.8 Å². The largest absolute Gasteiger partial charge is 0.301 e. The summed E-state index contributed by atoms with van der Waals surface area (Å²) < 4.78 is 15.0. The quantitative estimate of drug-likeness (QED) is 0.776. The van der Waals surface area contributed by atoms with E-state index in [4.69, 9.17) is 0 Å². The van der Waals surface area contributed by atoms with Crippen LogP contribution in [-0.2, 0) is 0 Å². The SMILES string of the molecule is CC(C)N1CCC(F)(CN2CCCC(C)(C)C2)CC1. The first kappa shape index (κ1) is 15.2. The second-order valence-corrected chi connectivity index (χ2v) is 7.76. The Hall–Kier alpha value is -0.150. The maximum Gasteiger partial charge on any atom is 0.126 e. The molecule has 0 bridgehead atoms. The van der Waals surface area contributed by atoms with Gasteiger partial charge in [0.05, 0.1) is 0 Å². The number of halogens is 1. The van der Waals surface area contributed by atoms with Gasteiger partial charge < -0.3 is 4.90 Å². The van der Waals surface area contributed by atoms with Crippen LogP contribution in [0.1, 0.15) is 53.4 Å². The van der Waals surface area contributed by atoms with Gasteiger partial charge in [0.2, 0.25) is 0 Å². The lowest BCUT2D eigenvalue weighted by Crippen LogP contribution is -2.52. The highest BCUT2D eigenvalue weighted by Crippen LogP contribution is 2.33. The summed E-state index contributed by atoms with van der Waals surface area (Å²) in [6.45, 7) is 13.7. The third-order valence-electron chi connectivity index (χ3n) is 4.91. The summed E-state index contributed by atoms with van der Waals surface area (Å²) in [5.74, 6) is 0. The van der Waals surface area contributed by atoms with Gasteiger partial charge in [0.1, 0.15) is 5.67 Å². The monoisotopic (exact) mass is 270 g/mol. The van der Waals surface area contributed by atoms with E-state index in [0.717, 1.165) is 26.2 Å². The molecule has 112 valence electrons. The average molecular weight is 270 g/mol. The minimum absolute atomic E-state index is 0.368. The van der Waals surface area contributed by atoms with E-state index in [1.165, 1.54) is 12.8 Å². The predicted octanol–water partition coefficient (Wildman–Crippen LogP) is 3.32. The number of likely N-dealkylation sites (tertiary alicyclic amines) is 2. The van der Waals surface area contributed by atoms with Crippen LogP contribution in [-0.4, -0.2) is 54.2 Å². The summed E-state index contributed by atoms with van der Waals surface area (Å²) >= 11 is 0. The molecular formula is C16H31FN2. The number of rotatable bonds is 3. The molecule has 0 amide bonds. The summed E-state index contributed by atoms with van der Waals surface area (Å²) in [7, 11) is 0. The summed E-state index contributed by atoms with van der Waals surface area (Å²) in [6, 6.07) is 0.554. The maximum absolute atomic E-state index is 15.0. The molecule has 2 nitrogen and oxygen atoms in total. The molecule has 0 aromatic heterocycles. The third kappa shape index (κ3) is 4.16. The van der Waals surface area contributed by atoms with Gasteiger partial charge in [0.15, 0.2) is 0 Å². The lowest BCUT2D eigenvalue weighted by molar-refractivity contribution is -0.00361. The molecule has 2 saturated heterocycles. The van der Waals surface area contributed by atoms with Crippen molar-refractivity contribution in [3.05, 3.63) is 0 Å². The fraction of sp³-hybridized carbons (Fsp3) is 1.00. The molecule has 0 aromatic rings. The highest BCUT2D eigenvalue weighted by Gasteiger charge is 2.38. The average Bonchev–Trinajstić information content (AvgIpc) is 2.27. The first-order valence-corrected chi connectivity index (χ1v) is 7.95. The van der Waals surface area contributed by atoms with Crippen molar-refractivity contribution in [3.8, 4) is 0 Å². The summed E-state index contributed by atoms with van der Waals surface area (Å²) in [4.78, 5) is 4.77. The van der Waals surface area contributed by atoms with Crippen LogP contribution in [0.2, 0.25) is 0 Å². The minimum atomic E-state index is -0.946. The van der Waals surface area contributed by atoms with Gasteiger partial charge in [-0.05, 0) is 51.5 Å². The third-order valence-corrected chi connectivity index (χ3v) is 4.91. The van der Waals surface area contributed by atoms with Gasteiger partial charge in [0.25, 0.3) is 0 Å². The Morgan fingerprint density at radius 1 is 1.05 bits per heavy atom. The van der Waals surface area contributed by atoms with Crippen molar-refractivity contribution in [2.45, 2.75) is 65.1 Å². The smallest absolute Gasteiger partial charge is 0.126 e. The van der Waals surface area contributed by atoms with Crippen LogP contribution in [0, 0.1) is 5.41 Å². The van der Waals surface area contributed by atoms with Crippen molar-refractivity contribution >= 4 is 0 Å². The highest BCUT2D eigenvalue weighted by atomic mass is 19.1. The Morgan fingerprint density at radius 3 is 2.21 bits per heavy atom. The Labute approximate surface area is 118 Å². The zero-order valence-electron chi connectivity index (χ0n) is 13.2. The summed E-state index contributed by atoms with van der Waals surface area (Å²) in [6.07, 6.45) is 3.93. The standard InChI is InChI=1S/C16H31FN2/c1-14(2)19-10-7-16(17,8-11-19)13-18-9-5-6-15(3,4)12-18/h14H,5-13H2,1-4H3. The molecule has 2 rings (SSSR count). The van der Waals surface area contributed by atoms with Gasteiger partial charge in [-0.1, -0.05) is 13.8 Å². The topological polar surface area (TPSA) is 6.48 Å². The molecule has 0 radical (unpaired) electrons. The van der Waals surface area contributed by atoms with E-state index in [1.807, 2.05) is 0 Å². The molecule has 0 aromatic carbocycles. The van der Waals surface area contributed by atoms with Crippen molar-refractivity contribution in [1.82, 2.24) is 9.80 Å². The van der Waals surface area contributed by atoms with Crippen LogP contribution < -0.4 is 0 Å². The Balaban J connectivity index is 1.85. The van der Waals surface area contributed by atoms with E-state index in [1.54, 1.807) is 0 Å². The Kier molecular flexibility index (Phi) is 4.56. The zero-order valence-corrected chi connectivity index (χ0v) is 13.2. The molecule has 3 heteroatoms. The zero-order chi connectivity index (χ0) is 14.1. The van der Waals surface area contributed by atoms with Crippen molar-refractivity contribution in [3.63, 3.8) is 0 Å². The van der Waals surface area contributed by atoms with E-state index >= 15 is 0 Å². The first-order valence-electron chi connectivity index (χ1n) is 7.95. The van der Waals surface area contributed by atoms with Gasteiger partial charge in [-0.3, -0.25) is 4.90 Å². The van der Waals surface area contributed by atoms with Gasteiger partial charge in [0, 0.05) is 32.2 Å². The van der Waals surface area contributed by atoms with E-state index in [2.05, 4.69) is 37.5 Å². The Morgan fingerprint density at radius 2 is 1.68 bits per heavy atom. The highest BCUT2D eigenvalue weighted by molar-refractivity contribution is 4.92. The molecule has 0 spiro atoms. The van der Waals surface area contributed by atoms with E-state index in [9.17, 15) is 4.39 Å². The molecule has 19 heavy (non-hydrogen) atoms. The van der Waals surface area contributed by atoms with Crippen LogP contribution in [0.25, 0.3) is 0 Å². The van der Waals surface area contributed by atoms with Crippen LogP contribution >= 0.6 is 0 Å². The van der Waals surface area contributed by atoms with Crippen LogP contribution in [0.5, 0.6) is 0 Å². The van der Waals surface area contributed by atoms with Crippen molar-refractivity contribution in [1.29, 1.82) is 0 Å².